The van der Waals surface area contributed by atoms with E-state index in [-0.39, 0.29) is 24.7 Å². The lowest BCUT2D eigenvalue weighted by Crippen LogP contribution is -1.98. The van der Waals surface area contributed by atoms with Crippen molar-refractivity contribution in [3.63, 3.8) is 0 Å². The summed E-state index contributed by atoms with van der Waals surface area (Å²) < 4.78 is 5.49. The highest BCUT2D eigenvalue weighted by molar-refractivity contribution is 5.45. The lowest BCUT2D eigenvalue weighted by Gasteiger charge is -2.06. The fraction of sp³-hybridized carbons (Fsp3) is 0.125. The Hall–Kier alpha value is -2.84. The Morgan fingerprint density at radius 1 is 1.14 bits per heavy atom. The molecule has 0 aliphatic carbocycles. The average molecular weight is 283 g/mol. The summed E-state index contributed by atoms with van der Waals surface area (Å²) in [6, 6.07) is 13.5. The van der Waals surface area contributed by atoms with Gasteiger partial charge in [0.05, 0.1) is 4.92 Å². The Morgan fingerprint density at radius 2 is 1.86 bits per heavy atom. The smallest absolute Gasteiger partial charge is 0.310 e. The topological polar surface area (TPSA) is 72.6 Å². The number of nitrogens with zero attached hydrogens (tertiary/aromatic N) is 1. The van der Waals surface area contributed by atoms with Gasteiger partial charge in [-0.25, -0.2) is 0 Å². The summed E-state index contributed by atoms with van der Waals surface area (Å²) in [7, 11) is 0. The number of hydrogen-bond acceptors (Lipinski definition) is 4. The van der Waals surface area contributed by atoms with E-state index < -0.39 is 4.92 Å². The molecule has 0 radical (unpaired) electrons. The van der Waals surface area contributed by atoms with E-state index in [0.29, 0.717) is 0 Å². The van der Waals surface area contributed by atoms with Crippen LogP contribution in [0, 0.1) is 22.0 Å². The van der Waals surface area contributed by atoms with Crippen LogP contribution in [0.3, 0.4) is 0 Å². The molecule has 0 spiro atoms. The predicted molar refractivity (Wildman–Crippen MR) is 77.8 cm³/mol. The minimum atomic E-state index is -0.469. The third-order valence-electron chi connectivity index (χ3n) is 2.72. The van der Waals surface area contributed by atoms with Crippen LogP contribution in [-0.2, 0) is 6.61 Å². The van der Waals surface area contributed by atoms with Gasteiger partial charge in [-0.2, -0.15) is 0 Å². The second-order valence-electron chi connectivity index (χ2n) is 4.17. The van der Waals surface area contributed by atoms with Crippen molar-refractivity contribution in [2.45, 2.75) is 6.61 Å². The van der Waals surface area contributed by atoms with Gasteiger partial charge in [0.15, 0.2) is 5.75 Å². The third kappa shape index (κ3) is 4.06. The molecule has 0 amide bonds. The first kappa shape index (κ1) is 14.6. The summed E-state index contributed by atoms with van der Waals surface area (Å²) in [5.74, 6) is 5.59. The standard InChI is InChI=1S/C16H13NO4/c18-11-3-4-13-7-9-14(10-8-13)12-21-16-6-2-1-5-15(16)17(19)20/h1-2,5-10,18H,11-12H2. The highest BCUT2D eigenvalue weighted by atomic mass is 16.6. The van der Waals surface area contributed by atoms with Gasteiger partial charge >= 0.3 is 5.69 Å². The van der Waals surface area contributed by atoms with Crippen molar-refractivity contribution in [3.8, 4) is 17.6 Å². The maximum absolute atomic E-state index is 10.9. The molecule has 0 fully saturated rings. The second kappa shape index (κ2) is 7.08. The van der Waals surface area contributed by atoms with E-state index in [9.17, 15) is 10.1 Å². The molecule has 5 heteroatoms. The Labute approximate surface area is 122 Å². The van der Waals surface area contributed by atoms with E-state index in [1.807, 2.05) is 12.1 Å². The molecular formula is C16H13NO4. The zero-order chi connectivity index (χ0) is 15.1. The Bertz CT molecular complexity index is 683. The Balaban J connectivity index is 2.05. The van der Waals surface area contributed by atoms with Crippen LogP contribution in [0.15, 0.2) is 48.5 Å². The van der Waals surface area contributed by atoms with Crippen molar-refractivity contribution in [1.82, 2.24) is 0 Å². The van der Waals surface area contributed by atoms with Gasteiger partial charge in [0.25, 0.3) is 0 Å². The van der Waals surface area contributed by atoms with Gasteiger partial charge in [0.1, 0.15) is 13.2 Å². The van der Waals surface area contributed by atoms with E-state index in [1.54, 1.807) is 30.3 Å². The first-order valence-electron chi connectivity index (χ1n) is 6.25. The maximum atomic E-state index is 10.9. The fourth-order valence-electron chi connectivity index (χ4n) is 1.72. The first-order chi connectivity index (χ1) is 10.2. The molecule has 0 heterocycles. The normalized spacial score (nSPS) is 9.57. The molecule has 21 heavy (non-hydrogen) atoms. The molecule has 0 aromatic heterocycles. The largest absolute Gasteiger partial charge is 0.482 e. The van der Waals surface area contributed by atoms with Crippen molar-refractivity contribution >= 4 is 5.69 Å². The van der Waals surface area contributed by atoms with Crippen LogP contribution in [0.4, 0.5) is 5.69 Å². The van der Waals surface area contributed by atoms with E-state index in [2.05, 4.69) is 11.8 Å². The van der Waals surface area contributed by atoms with Gasteiger partial charge in [-0.05, 0) is 23.8 Å². The molecule has 1 N–H and O–H groups in total. The molecule has 2 aromatic rings. The number of nitro benzene ring substituents is 1. The van der Waals surface area contributed by atoms with Gasteiger partial charge in [-0.15, -0.1) is 0 Å². The van der Waals surface area contributed by atoms with Crippen LogP contribution in [-0.4, -0.2) is 16.6 Å². The van der Waals surface area contributed by atoms with E-state index in [4.69, 9.17) is 9.84 Å². The van der Waals surface area contributed by atoms with Crippen molar-refractivity contribution in [1.29, 1.82) is 0 Å². The quantitative estimate of drug-likeness (QED) is 0.531. The minimum absolute atomic E-state index is 0.0528. The van der Waals surface area contributed by atoms with Gasteiger partial charge in [-0.3, -0.25) is 10.1 Å². The van der Waals surface area contributed by atoms with Crippen molar-refractivity contribution in [2.75, 3.05) is 6.61 Å². The number of rotatable bonds is 4. The number of nitro groups is 1. The lowest BCUT2D eigenvalue weighted by atomic mass is 10.1. The lowest BCUT2D eigenvalue weighted by molar-refractivity contribution is -0.385. The number of ether oxygens (including phenoxy) is 1. The monoisotopic (exact) mass is 283 g/mol. The summed E-state index contributed by atoms with van der Waals surface area (Å²) in [4.78, 5) is 10.4. The number of aliphatic hydroxyl groups is 1. The first-order valence-corrected chi connectivity index (χ1v) is 6.25. The van der Waals surface area contributed by atoms with Gasteiger partial charge in [0.2, 0.25) is 0 Å². The summed E-state index contributed by atoms with van der Waals surface area (Å²) >= 11 is 0. The molecule has 0 bridgehead atoms. The minimum Gasteiger partial charge on any atom is -0.482 e. The van der Waals surface area contributed by atoms with Crippen molar-refractivity contribution in [3.05, 3.63) is 69.8 Å². The maximum Gasteiger partial charge on any atom is 0.310 e. The van der Waals surface area contributed by atoms with Crippen LogP contribution < -0.4 is 4.74 Å². The zero-order valence-corrected chi connectivity index (χ0v) is 11.2. The highest BCUT2D eigenvalue weighted by Crippen LogP contribution is 2.26. The molecule has 2 rings (SSSR count). The van der Waals surface area contributed by atoms with Crippen LogP contribution in [0.1, 0.15) is 11.1 Å². The fourth-order valence-corrected chi connectivity index (χ4v) is 1.72. The number of hydrogen-bond donors (Lipinski definition) is 1. The van der Waals surface area contributed by atoms with Crippen molar-refractivity contribution in [2.24, 2.45) is 0 Å². The summed E-state index contributed by atoms with van der Waals surface area (Å²) in [5, 5.41) is 19.5. The van der Waals surface area contributed by atoms with Crippen LogP contribution in [0.5, 0.6) is 5.75 Å². The number of aliphatic hydroxyl groups excluding tert-OH is 1. The van der Waals surface area contributed by atoms with Crippen LogP contribution in [0.2, 0.25) is 0 Å². The van der Waals surface area contributed by atoms with Gasteiger partial charge in [-0.1, -0.05) is 36.1 Å². The van der Waals surface area contributed by atoms with Gasteiger partial charge < -0.3 is 9.84 Å². The molecule has 0 saturated carbocycles. The highest BCUT2D eigenvalue weighted by Gasteiger charge is 2.13. The summed E-state index contributed by atoms with van der Waals surface area (Å²) in [6.45, 7) is 0.0566. The van der Waals surface area contributed by atoms with E-state index >= 15 is 0 Å². The van der Waals surface area contributed by atoms with E-state index in [1.165, 1.54) is 6.07 Å². The molecule has 106 valence electrons. The number of para-hydroxylation sites is 2. The summed E-state index contributed by atoms with van der Waals surface area (Å²) in [6.07, 6.45) is 0. The molecule has 2 aromatic carbocycles. The van der Waals surface area contributed by atoms with Gasteiger partial charge in [0, 0.05) is 11.6 Å². The molecular weight excluding hydrogens is 270 g/mol. The van der Waals surface area contributed by atoms with E-state index in [0.717, 1.165) is 11.1 Å². The molecule has 5 nitrogen and oxygen atoms in total. The summed E-state index contributed by atoms with van der Waals surface area (Å²) in [5.41, 5.74) is 1.61. The predicted octanol–water partition coefficient (Wildman–Crippen LogP) is 2.52. The molecule has 0 unspecified atom stereocenters. The number of benzene rings is 2. The molecule has 0 atom stereocenters. The molecule has 0 saturated heterocycles. The SMILES string of the molecule is O=[N+]([O-])c1ccccc1OCc1ccc(C#CCO)cc1. The van der Waals surface area contributed by atoms with Crippen LogP contribution in [0.25, 0.3) is 0 Å². The zero-order valence-electron chi connectivity index (χ0n) is 11.2. The third-order valence-corrected chi connectivity index (χ3v) is 2.72. The van der Waals surface area contributed by atoms with Crippen LogP contribution >= 0.6 is 0 Å². The van der Waals surface area contributed by atoms with Crippen molar-refractivity contribution < 1.29 is 14.8 Å². The second-order valence-corrected chi connectivity index (χ2v) is 4.17. The molecule has 0 aliphatic rings. The molecule has 0 aliphatic heterocycles. The average Bonchev–Trinajstić information content (AvgIpc) is 2.52. The Morgan fingerprint density at radius 3 is 2.52 bits per heavy atom. The Kier molecular flexibility index (Phi) is 4.91.